The molecule has 4 aromatic carbocycles. The van der Waals surface area contributed by atoms with Gasteiger partial charge in [0.1, 0.15) is 0 Å². The first kappa shape index (κ1) is 22.7. The Labute approximate surface area is 199 Å². The standard InChI is InChI=1S/C29H27NO2S/c1-22-18-20-26(21-19-22)33-29(28(31)32-2,24-14-8-4-9-15-24)27(23-12-6-3-7-13-23)30-25-16-10-5-11-17-25/h3-21,27,30H,1-2H3/t27-,29+/m0/s1. The summed E-state index contributed by atoms with van der Waals surface area (Å²) in [6.45, 7) is 2.06. The predicted octanol–water partition coefficient (Wildman–Crippen LogP) is 7.01. The van der Waals surface area contributed by atoms with Crippen molar-refractivity contribution >= 4 is 23.4 Å². The van der Waals surface area contributed by atoms with E-state index >= 15 is 0 Å². The summed E-state index contributed by atoms with van der Waals surface area (Å²) in [5, 5.41) is 3.66. The zero-order valence-electron chi connectivity index (χ0n) is 18.8. The third-order valence-corrected chi connectivity index (χ3v) is 7.08. The molecule has 0 saturated heterocycles. The highest BCUT2D eigenvalue weighted by Gasteiger charge is 2.50. The second-order valence-corrected chi connectivity index (χ2v) is 9.18. The molecule has 0 aliphatic heterocycles. The lowest BCUT2D eigenvalue weighted by atomic mass is 9.85. The van der Waals surface area contributed by atoms with Crippen LogP contribution in [-0.2, 0) is 14.3 Å². The Morgan fingerprint density at radius 1 is 0.788 bits per heavy atom. The third kappa shape index (κ3) is 4.96. The average molecular weight is 454 g/mol. The Morgan fingerprint density at radius 3 is 1.91 bits per heavy atom. The van der Waals surface area contributed by atoms with Gasteiger partial charge in [0.15, 0.2) is 4.75 Å². The molecule has 0 bridgehead atoms. The van der Waals surface area contributed by atoms with Crippen LogP contribution in [0.2, 0.25) is 0 Å². The molecule has 4 aromatic rings. The Morgan fingerprint density at radius 2 is 1.33 bits per heavy atom. The first-order chi connectivity index (χ1) is 16.1. The highest BCUT2D eigenvalue weighted by Crippen LogP contribution is 2.52. The summed E-state index contributed by atoms with van der Waals surface area (Å²) < 4.78 is 4.43. The first-order valence-corrected chi connectivity index (χ1v) is 11.7. The number of para-hydroxylation sites is 1. The fourth-order valence-corrected chi connectivity index (χ4v) is 5.34. The van der Waals surface area contributed by atoms with Crippen LogP contribution in [-0.4, -0.2) is 13.1 Å². The van der Waals surface area contributed by atoms with Gasteiger partial charge in [-0.2, -0.15) is 0 Å². The monoisotopic (exact) mass is 453 g/mol. The molecule has 0 aliphatic carbocycles. The van der Waals surface area contributed by atoms with E-state index in [-0.39, 0.29) is 5.97 Å². The van der Waals surface area contributed by atoms with E-state index in [1.165, 1.54) is 24.4 Å². The van der Waals surface area contributed by atoms with Crippen LogP contribution >= 0.6 is 11.8 Å². The number of carbonyl (C=O) groups is 1. The summed E-state index contributed by atoms with van der Waals surface area (Å²) in [5.74, 6) is -0.309. The Hall–Kier alpha value is -3.50. The average Bonchev–Trinajstić information content (AvgIpc) is 2.88. The zero-order valence-corrected chi connectivity index (χ0v) is 19.6. The van der Waals surface area contributed by atoms with Crippen molar-refractivity contribution < 1.29 is 9.53 Å². The second-order valence-electron chi connectivity index (χ2n) is 7.86. The van der Waals surface area contributed by atoms with Gasteiger partial charge < -0.3 is 10.1 Å². The van der Waals surface area contributed by atoms with Crippen molar-refractivity contribution in [1.29, 1.82) is 0 Å². The minimum Gasteiger partial charge on any atom is -0.468 e. The summed E-state index contributed by atoms with van der Waals surface area (Å²) in [5.41, 5.74) is 3.97. The molecule has 0 saturated carbocycles. The minimum atomic E-state index is -1.08. The SMILES string of the molecule is COC(=O)[C@@](Sc1ccc(C)cc1)(c1ccccc1)[C@@H](Nc1ccccc1)c1ccccc1. The molecule has 0 aromatic heterocycles. The zero-order chi connectivity index (χ0) is 23.1. The van der Waals surface area contributed by atoms with Gasteiger partial charge in [0, 0.05) is 10.6 Å². The van der Waals surface area contributed by atoms with E-state index in [4.69, 9.17) is 4.74 Å². The molecule has 3 nitrogen and oxygen atoms in total. The molecule has 4 rings (SSSR count). The molecule has 0 heterocycles. The quantitative estimate of drug-likeness (QED) is 0.230. The van der Waals surface area contributed by atoms with E-state index in [9.17, 15) is 4.79 Å². The lowest BCUT2D eigenvalue weighted by Crippen LogP contribution is -2.43. The maximum Gasteiger partial charge on any atom is 0.329 e. The second kappa shape index (κ2) is 10.4. The Balaban J connectivity index is 1.95. The summed E-state index contributed by atoms with van der Waals surface area (Å²) in [6, 6.07) is 37.8. The van der Waals surface area contributed by atoms with Crippen LogP contribution in [0.15, 0.2) is 120 Å². The largest absolute Gasteiger partial charge is 0.468 e. The molecular formula is C29H27NO2S. The summed E-state index contributed by atoms with van der Waals surface area (Å²) in [6.07, 6.45) is 0. The number of hydrogen-bond acceptors (Lipinski definition) is 4. The molecule has 0 aliphatic rings. The van der Waals surface area contributed by atoms with E-state index in [1.54, 1.807) is 0 Å². The fraction of sp³-hybridized carbons (Fsp3) is 0.138. The van der Waals surface area contributed by atoms with Crippen molar-refractivity contribution in [2.45, 2.75) is 22.6 Å². The Kier molecular flexibility index (Phi) is 7.16. The van der Waals surface area contributed by atoms with Gasteiger partial charge in [-0.05, 0) is 42.3 Å². The number of hydrogen-bond donors (Lipinski definition) is 1. The summed E-state index contributed by atoms with van der Waals surface area (Å²) in [4.78, 5) is 14.8. The first-order valence-electron chi connectivity index (χ1n) is 10.9. The fourth-order valence-electron chi connectivity index (χ4n) is 3.96. The molecule has 0 unspecified atom stereocenters. The topological polar surface area (TPSA) is 38.3 Å². The molecular weight excluding hydrogens is 426 g/mol. The van der Waals surface area contributed by atoms with E-state index in [1.807, 2.05) is 78.9 Å². The van der Waals surface area contributed by atoms with Crippen LogP contribution in [0.4, 0.5) is 5.69 Å². The van der Waals surface area contributed by atoms with Gasteiger partial charge in [-0.25, -0.2) is 0 Å². The number of aryl methyl sites for hydroxylation is 1. The number of esters is 1. The number of rotatable bonds is 8. The predicted molar refractivity (Wildman–Crippen MR) is 136 cm³/mol. The number of benzene rings is 4. The van der Waals surface area contributed by atoms with E-state index in [0.29, 0.717) is 0 Å². The van der Waals surface area contributed by atoms with Gasteiger partial charge in [-0.15, -0.1) is 11.8 Å². The van der Waals surface area contributed by atoms with Gasteiger partial charge in [0.05, 0.1) is 13.2 Å². The molecule has 33 heavy (non-hydrogen) atoms. The number of thioether (sulfide) groups is 1. The van der Waals surface area contributed by atoms with E-state index in [0.717, 1.165) is 21.7 Å². The molecule has 0 spiro atoms. The molecule has 166 valence electrons. The molecule has 0 amide bonds. The Bertz CT molecular complexity index is 1160. The van der Waals surface area contributed by atoms with Crippen LogP contribution in [0.25, 0.3) is 0 Å². The van der Waals surface area contributed by atoms with Gasteiger partial charge in [-0.1, -0.05) is 96.6 Å². The van der Waals surface area contributed by atoms with Crippen molar-refractivity contribution in [3.63, 3.8) is 0 Å². The lowest BCUT2D eigenvalue weighted by molar-refractivity contribution is -0.144. The highest BCUT2D eigenvalue weighted by molar-refractivity contribution is 8.01. The number of nitrogens with one attached hydrogen (secondary N) is 1. The van der Waals surface area contributed by atoms with Gasteiger partial charge in [0.25, 0.3) is 0 Å². The van der Waals surface area contributed by atoms with Crippen LogP contribution in [0, 0.1) is 6.92 Å². The third-order valence-electron chi connectivity index (χ3n) is 5.62. The molecule has 0 fully saturated rings. The number of carbonyl (C=O) groups excluding carboxylic acids is 1. The minimum absolute atomic E-state index is 0.309. The van der Waals surface area contributed by atoms with Crippen LogP contribution in [0.1, 0.15) is 22.7 Å². The smallest absolute Gasteiger partial charge is 0.329 e. The van der Waals surface area contributed by atoms with Crippen LogP contribution < -0.4 is 5.32 Å². The van der Waals surface area contributed by atoms with Crippen molar-refractivity contribution in [3.05, 3.63) is 132 Å². The number of methoxy groups -OCH3 is 1. The van der Waals surface area contributed by atoms with Crippen LogP contribution in [0.3, 0.4) is 0 Å². The van der Waals surface area contributed by atoms with Gasteiger partial charge in [0.2, 0.25) is 0 Å². The van der Waals surface area contributed by atoms with Crippen LogP contribution in [0.5, 0.6) is 0 Å². The van der Waals surface area contributed by atoms with Crippen molar-refractivity contribution in [1.82, 2.24) is 0 Å². The maximum absolute atomic E-state index is 13.8. The molecule has 2 atom stereocenters. The normalized spacial score (nSPS) is 13.5. The van der Waals surface area contributed by atoms with Crippen molar-refractivity contribution in [3.8, 4) is 0 Å². The summed E-state index contributed by atoms with van der Waals surface area (Å²) >= 11 is 1.52. The van der Waals surface area contributed by atoms with Crippen molar-refractivity contribution in [2.24, 2.45) is 0 Å². The van der Waals surface area contributed by atoms with Gasteiger partial charge in [-0.3, -0.25) is 4.79 Å². The highest BCUT2D eigenvalue weighted by atomic mass is 32.2. The number of anilines is 1. The summed E-state index contributed by atoms with van der Waals surface area (Å²) in [7, 11) is 1.46. The molecule has 4 heteroatoms. The number of ether oxygens (including phenoxy) is 1. The molecule has 0 radical (unpaired) electrons. The van der Waals surface area contributed by atoms with Crippen molar-refractivity contribution in [2.75, 3.05) is 12.4 Å². The maximum atomic E-state index is 13.8. The van der Waals surface area contributed by atoms with E-state index < -0.39 is 10.8 Å². The molecule has 1 N–H and O–H groups in total. The lowest BCUT2D eigenvalue weighted by Gasteiger charge is -2.39. The van der Waals surface area contributed by atoms with E-state index in [2.05, 4.69) is 48.6 Å². The van der Waals surface area contributed by atoms with Gasteiger partial charge >= 0.3 is 5.97 Å².